The number of carbonyl (C=O) groups is 1. The van der Waals surface area contributed by atoms with Gasteiger partial charge in [0.15, 0.2) is 0 Å². The Morgan fingerprint density at radius 1 is 1.00 bits per heavy atom. The van der Waals surface area contributed by atoms with Crippen molar-refractivity contribution < 1.29 is 14.3 Å². The van der Waals surface area contributed by atoms with Crippen molar-refractivity contribution in [2.75, 3.05) is 19.0 Å². The number of methoxy groups -OCH3 is 1. The van der Waals surface area contributed by atoms with Crippen molar-refractivity contribution in [3.8, 4) is 5.75 Å². The van der Waals surface area contributed by atoms with E-state index in [0.29, 0.717) is 30.4 Å². The van der Waals surface area contributed by atoms with E-state index in [2.05, 4.69) is 54.7 Å². The minimum Gasteiger partial charge on any atom is -0.492 e. The SMILES string of the molecule is COC(=O)C1(Nc2cccc(Cl)c2)CCC2(CC1)C(CC(COc1ccnc3c1[C@H](C)CCC3)c1ccccn1)=Cc1ccccc12. The van der Waals surface area contributed by atoms with E-state index in [1.54, 1.807) is 0 Å². The third-order valence-corrected chi connectivity index (χ3v) is 11.0. The first-order valence-electron chi connectivity index (χ1n) is 16.8. The van der Waals surface area contributed by atoms with Crippen LogP contribution in [0.1, 0.15) is 91.8 Å². The van der Waals surface area contributed by atoms with Gasteiger partial charge >= 0.3 is 5.97 Å². The number of halogens is 1. The molecule has 242 valence electrons. The number of benzene rings is 2. The van der Waals surface area contributed by atoms with E-state index in [4.69, 9.17) is 31.0 Å². The summed E-state index contributed by atoms with van der Waals surface area (Å²) in [5, 5.41) is 4.18. The van der Waals surface area contributed by atoms with Crippen LogP contribution < -0.4 is 10.1 Å². The lowest BCUT2D eigenvalue weighted by atomic mass is 9.61. The molecule has 0 amide bonds. The second-order valence-corrected chi connectivity index (χ2v) is 13.9. The molecule has 2 aromatic heterocycles. The molecule has 47 heavy (non-hydrogen) atoms. The molecule has 1 saturated carbocycles. The van der Waals surface area contributed by atoms with Gasteiger partial charge in [-0.05, 0) is 105 Å². The highest BCUT2D eigenvalue weighted by Crippen LogP contribution is 2.55. The highest BCUT2D eigenvalue weighted by Gasteiger charge is 2.52. The zero-order valence-electron chi connectivity index (χ0n) is 27.2. The molecule has 2 atom stereocenters. The lowest BCUT2D eigenvalue weighted by Crippen LogP contribution is -2.52. The van der Waals surface area contributed by atoms with Gasteiger partial charge in [-0.3, -0.25) is 9.97 Å². The molecule has 7 rings (SSSR count). The van der Waals surface area contributed by atoms with Gasteiger partial charge in [0.2, 0.25) is 0 Å². The minimum atomic E-state index is -0.839. The standard InChI is InChI=1S/C40H42ClN3O3/c1-27-9-7-15-35-37(27)36(16-22-43-35)47-26-29(34-14-5-6-21-42-34)24-30-23-28-10-3-4-13-33(28)39(30)17-19-40(20-18-39,38(45)46-2)44-32-12-8-11-31(41)25-32/h3-6,8,10-14,16,21-23,25,27,29,44H,7,9,15,17-20,24,26H2,1-2H3/t27-,29?,39?,40?/m1/s1. The number of aromatic nitrogens is 2. The lowest BCUT2D eigenvalue weighted by Gasteiger charge is -2.46. The van der Waals surface area contributed by atoms with Crippen molar-refractivity contribution in [3.05, 3.63) is 124 Å². The first-order chi connectivity index (χ1) is 22.9. The number of hydrogen-bond donors (Lipinski definition) is 1. The van der Waals surface area contributed by atoms with Crippen LogP contribution >= 0.6 is 11.6 Å². The summed E-state index contributed by atoms with van der Waals surface area (Å²) in [5.74, 6) is 1.20. The van der Waals surface area contributed by atoms with Crippen LogP contribution in [-0.4, -0.2) is 35.2 Å². The first-order valence-corrected chi connectivity index (χ1v) is 17.2. The van der Waals surface area contributed by atoms with Gasteiger partial charge in [0.1, 0.15) is 11.3 Å². The maximum Gasteiger partial charge on any atom is 0.331 e. The van der Waals surface area contributed by atoms with Crippen LogP contribution in [0.4, 0.5) is 5.69 Å². The van der Waals surface area contributed by atoms with Crippen LogP contribution in [0.5, 0.6) is 5.75 Å². The topological polar surface area (TPSA) is 73.3 Å². The number of rotatable bonds is 9. The van der Waals surface area contributed by atoms with Gasteiger partial charge in [0.25, 0.3) is 0 Å². The molecular formula is C40H42ClN3O3. The molecule has 1 fully saturated rings. The van der Waals surface area contributed by atoms with Crippen molar-refractivity contribution in [2.45, 2.75) is 81.1 Å². The number of hydrogen-bond acceptors (Lipinski definition) is 6. The van der Waals surface area contributed by atoms with Crippen molar-refractivity contribution in [3.63, 3.8) is 0 Å². The van der Waals surface area contributed by atoms with Crippen LogP contribution in [-0.2, 0) is 21.4 Å². The van der Waals surface area contributed by atoms with Crippen LogP contribution in [0, 0.1) is 0 Å². The van der Waals surface area contributed by atoms with Crippen molar-refractivity contribution >= 4 is 29.3 Å². The molecule has 2 heterocycles. The van der Waals surface area contributed by atoms with Crippen molar-refractivity contribution in [1.82, 2.24) is 9.97 Å². The third kappa shape index (κ3) is 6.04. The molecule has 0 bridgehead atoms. The lowest BCUT2D eigenvalue weighted by molar-refractivity contribution is -0.147. The molecular weight excluding hydrogens is 606 g/mol. The molecule has 4 aromatic rings. The van der Waals surface area contributed by atoms with Gasteiger partial charge in [-0.1, -0.05) is 66.6 Å². The number of aryl methyl sites for hydroxylation is 1. The Balaban J connectivity index is 1.19. The minimum absolute atomic E-state index is 0.0493. The number of pyridine rings is 2. The normalized spacial score (nSPS) is 23.7. The monoisotopic (exact) mass is 647 g/mol. The molecule has 0 aliphatic heterocycles. The zero-order chi connectivity index (χ0) is 32.4. The molecule has 6 nitrogen and oxygen atoms in total. The molecule has 1 spiro atoms. The first kappa shape index (κ1) is 31.4. The predicted octanol–water partition coefficient (Wildman–Crippen LogP) is 9.06. The van der Waals surface area contributed by atoms with Gasteiger partial charge in [-0.25, -0.2) is 4.79 Å². The Morgan fingerprint density at radius 3 is 2.62 bits per heavy atom. The second-order valence-electron chi connectivity index (χ2n) is 13.5. The zero-order valence-corrected chi connectivity index (χ0v) is 27.9. The molecule has 1 N–H and O–H groups in total. The fourth-order valence-corrected chi connectivity index (χ4v) is 8.51. The Labute approximate surface area is 282 Å². The quantitative estimate of drug-likeness (QED) is 0.183. The Morgan fingerprint density at radius 2 is 1.83 bits per heavy atom. The van der Waals surface area contributed by atoms with Gasteiger partial charge in [-0.2, -0.15) is 0 Å². The van der Waals surface area contributed by atoms with E-state index in [1.165, 1.54) is 41.5 Å². The summed E-state index contributed by atoms with van der Waals surface area (Å²) >= 11 is 6.32. The molecule has 7 heteroatoms. The summed E-state index contributed by atoms with van der Waals surface area (Å²) in [5.41, 5.74) is 7.23. The van der Waals surface area contributed by atoms with E-state index in [0.717, 1.165) is 49.2 Å². The maximum atomic E-state index is 13.5. The maximum absolute atomic E-state index is 13.5. The average molecular weight is 648 g/mol. The largest absolute Gasteiger partial charge is 0.492 e. The fraction of sp³-hybridized carbons (Fsp3) is 0.375. The molecule has 0 radical (unpaired) electrons. The number of carbonyl (C=O) groups excluding carboxylic acids is 1. The number of anilines is 1. The Hall–Kier alpha value is -4.16. The Bertz CT molecular complexity index is 1780. The summed E-state index contributed by atoms with van der Waals surface area (Å²) in [6, 6.07) is 24.5. The van der Waals surface area contributed by atoms with E-state index >= 15 is 0 Å². The highest BCUT2D eigenvalue weighted by molar-refractivity contribution is 6.30. The number of esters is 1. The van der Waals surface area contributed by atoms with E-state index in [-0.39, 0.29) is 17.3 Å². The van der Waals surface area contributed by atoms with Gasteiger partial charge < -0.3 is 14.8 Å². The predicted molar refractivity (Wildman–Crippen MR) is 187 cm³/mol. The third-order valence-electron chi connectivity index (χ3n) is 10.8. The second kappa shape index (κ2) is 13.2. The van der Waals surface area contributed by atoms with Crippen LogP contribution in [0.2, 0.25) is 5.02 Å². The van der Waals surface area contributed by atoms with Gasteiger partial charge in [0, 0.05) is 51.4 Å². The average Bonchev–Trinajstić information content (AvgIpc) is 3.40. The van der Waals surface area contributed by atoms with Gasteiger partial charge in [0.05, 0.1) is 13.7 Å². The fourth-order valence-electron chi connectivity index (χ4n) is 8.31. The number of fused-ring (bicyclic) bond motifs is 3. The molecule has 0 saturated heterocycles. The smallest absolute Gasteiger partial charge is 0.331 e. The summed E-state index contributed by atoms with van der Waals surface area (Å²) in [7, 11) is 1.47. The number of ether oxygens (including phenoxy) is 2. The molecule has 1 unspecified atom stereocenters. The van der Waals surface area contributed by atoms with E-state index in [1.807, 2.05) is 48.8 Å². The number of allylic oxidation sites excluding steroid dienone is 1. The van der Waals surface area contributed by atoms with E-state index < -0.39 is 5.54 Å². The summed E-state index contributed by atoms with van der Waals surface area (Å²) < 4.78 is 12.1. The van der Waals surface area contributed by atoms with Crippen LogP contribution in [0.3, 0.4) is 0 Å². The molecule has 2 aromatic carbocycles. The van der Waals surface area contributed by atoms with E-state index in [9.17, 15) is 4.79 Å². The van der Waals surface area contributed by atoms with Crippen molar-refractivity contribution in [2.24, 2.45) is 0 Å². The highest BCUT2D eigenvalue weighted by atomic mass is 35.5. The summed E-state index contributed by atoms with van der Waals surface area (Å²) in [4.78, 5) is 23.0. The molecule has 3 aliphatic rings. The number of nitrogens with zero attached hydrogens (tertiary/aromatic N) is 2. The van der Waals surface area contributed by atoms with Gasteiger partial charge in [-0.15, -0.1) is 0 Å². The van der Waals surface area contributed by atoms with Crippen molar-refractivity contribution in [1.29, 1.82) is 0 Å². The Kier molecular flexibility index (Phi) is 8.80. The number of nitrogens with one attached hydrogen (secondary N) is 1. The summed E-state index contributed by atoms with van der Waals surface area (Å²) in [6.07, 6.45) is 13.2. The van der Waals surface area contributed by atoms with Crippen LogP contribution in [0.25, 0.3) is 6.08 Å². The molecule has 3 aliphatic carbocycles. The summed E-state index contributed by atoms with van der Waals surface area (Å²) in [6.45, 7) is 2.80. The van der Waals surface area contributed by atoms with Crippen LogP contribution in [0.15, 0.2) is 90.8 Å².